The molecule has 1 aromatic rings. The summed E-state index contributed by atoms with van der Waals surface area (Å²) in [7, 11) is 1.56. The van der Waals surface area contributed by atoms with Gasteiger partial charge in [0.05, 0.1) is 7.11 Å². The van der Waals surface area contributed by atoms with Crippen LogP contribution in [0.2, 0.25) is 0 Å². The van der Waals surface area contributed by atoms with Gasteiger partial charge < -0.3 is 4.18 Å². The summed E-state index contributed by atoms with van der Waals surface area (Å²) >= 11 is 1.07. The molecule has 1 rings (SSSR count). The van der Waals surface area contributed by atoms with Crippen LogP contribution in [0.5, 0.6) is 0 Å². The molecular formula is C8H9NOS. The molecule has 0 bridgehead atoms. The third-order valence-corrected chi connectivity index (χ3v) is 1.77. The number of hydrogen-bond donors (Lipinski definition) is 1. The molecule has 0 saturated heterocycles. The average Bonchev–Trinajstić information content (AvgIpc) is 2.07. The molecule has 0 atom stereocenters. The zero-order chi connectivity index (χ0) is 8.10. The van der Waals surface area contributed by atoms with Gasteiger partial charge in [-0.1, -0.05) is 30.3 Å². The number of hydrogen-bond acceptors (Lipinski definition) is 3. The molecule has 0 aliphatic carbocycles. The Balaban J connectivity index is 2.69. The average molecular weight is 167 g/mol. The van der Waals surface area contributed by atoms with E-state index in [4.69, 9.17) is 9.59 Å². The lowest BCUT2D eigenvalue weighted by Gasteiger charge is -1.98. The van der Waals surface area contributed by atoms with E-state index in [1.807, 2.05) is 30.3 Å². The highest BCUT2D eigenvalue weighted by Gasteiger charge is 1.98. The van der Waals surface area contributed by atoms with Gasteiger partial charge in [0.15, 0.2) is 0 Å². The van der Waals surface area contributed by atoms with Crippen molar-refractivity contribution >= 4 is 17.1 Å². The van der Waals surface area contributed by atoms with E-state index >= 15 is 0 Å². The van der Waals surface area contributed by atoms with E-state index in [1.54, 1.807) is 7.11 Å². The molecule has 0 unspecified atom stereocenters. The molecule has 0 aliphatic heterocycles. The molecule has 0 heterocycles. The van der Waals surface area contributed by atoms with Crippen LogP contribution in [0, 0.1) is 5.41 Å². The first-order valence-electron chi connectivity index (χ1n) is 3.19. The molecule has 58 valence electrons. The van der Waals surface area contributed by atoms with Crippen molar-refractivity contribution in [1.29, 1.82) is 5.41 Å². The van der Waals surface area contributed by atoms with Crippen LogP contribution in [-0.2, 0) is 4.18 Å². The number of rotatable bonds is 2. The minimum atomic E-state index is 0.438. The lowest BCUT2D eigenvalue weighted by molar-refractivity contribution is 0.496. The first-order valence-corrected chi connectivity index (χ1v) is 3.93. The molecule has 0 aromatic heterocycles. The predicted molar refractivity (Wildman–Crippen MR) is 47.9 cm³/mol. The zero-order valence-corrected chi connectivity index (χ0v) is 7.02. The Morgan fingerprint density at radius 2 is 2.00 bits per heavy atom. The maximum atomic E-state index is 7.47. The van der Waals surface area contributed by atoms with Gasteiger partial charge >= 0.3 is 0 Å². The summed E-state index contributed by atoms with van der Waals surface area (Å²) < 4.78 is 4.75. The van der Waals surface area contributed by atoms with E-state index in [2.05, 4.69) is 0 Å². The van der Waals surface area contributed by atoms with Gasteiger partial charge in [0.2, 0.25) is 0 Å². The highest BCUT2D eigenvalue weighted by atomic mass is 32.2. The normalized spacial score (nSPS) is 9.55. The molecule has 3 heteroatoms. The minimum Gasteiger partial charge on any atom is -0.312 e. The molecule has 1 aromatic carbocycles. The van der Waals surface area contributed by atoms with Crippen molar-refractivity contribution in [3.05, 3.63) is 35.9 Å². The summed E-state index contributed by atoms with van der Waals surface area (Å²) in [6, 6.07) is 9.50. The van der Waals surface area contributed by atoms with Crippen molar-refractivity contribution in [3.63, 3.8) is 0 Å². The Kier molecular flexibility index (Phi) is 3.14. The molecule has 0 radical (unpaired) electrons. The third-order valence-electron chi connectivity index (χ3n) is 1.20. The molecule has 2 nitrogen and oxygen atoms in total. The van der Waals surface area contributed by atoms with E-state index < -0.39 is 0 Å². The van der Waals surface area contributed by atoms with Crippen molar-refractivity contribution in [3.8, 4) is 0 Å². The summed E-state index contributed by atoms with van der Waals surface area (Å²) in [4.78, 5) is 0. The smallest absolute Gasteiger partial charge is 0.122 e. The van der Waals surface area contributed by atoms with Gasteiger partial charge in [0.25, 0.3) is 0 Å². The summed E-state index contributed by atoms with van der Waals surface area (Å²) in [5.41, 5.74) is 0.888. The second-order valence-electron chi connectivity index (χ2n) is 1.95. The first kappa shape index (κ1) is 8.30. The summed E-state index contributed by atoms with van der Waals surface area (Å²) in [5.74, 6) is 0. The van der Waals surface area contributed by atoms with Crippen LogP contribution >= 0.6 is 12.0 Å². The fraction of sp³-hybridized carbons (Fsp3) is 0.125. The fourth-order valence-corrected chi connectivity index (χ4v) is 1.12. The highest BCUT2D eigenvalue weighted by Crippen LogP contribution is 2.10. The van der Waals surface area contributed by atoms with Gasteiger partial charge in [-0.15, -0.1) is 0 Å². The van der Waals surface area contributed by atoms with Crippen molar-refractivity contribution in [2.45, 2.75) is 0 Å². The van der Waals surface area contributed by atoms with Gasteiger partial charge in [0.1, 0.15) is 5.04 Å². The van der Waals surface area contributed by atoms with Crippen LogP contribution in [-0.4, -0.2) is 12.2 Å². The molecule has 11 heavy (non-hydrogen) atoms. The molecule has 0 saturated carbocycles. The van der Waals surface area contributed by atoms with Crippen LogP contribution < -0.4 is 0 Å². The monoisotopic (exact) mass is 167 g/mol. The quantitative estimate of drug-likeness (QED) is 0.416. The van der Waals surface area contributed by atoms with Crippen molar-refractivity contribution < 1.29 is 4.18 Å². The molecule has 1 N–H and O–H groups in total. The Bertz CT molecular complexity index is 235. The van der Waals surface area contributed by atoms with Crippen LogP contribution in [0.25, 0.3) is 0 Å². The molecule has 0 aliphatic rings. The van der Waals surface area contributed by atoms with Crippen molar-refractivity contribution in [1.82, 2.24) is 0 Å². The first-order chi connectivity index (χ1) is 5.34. The molecule has 0 spiro atoms. The van der Waals surface area contributed by atoms with Gasteiger partial charge in [-0.2, -0.15) is 0 Å². The largest absolute Gasteiger partial charge is 0.312 e. The highest BCUT2D eigenvalue weighted by molar-refractivity contribution is 8.10. The van der Waals surface area contributed by atoms with Gasteiger partial charge in [-0.3, -0.25) is 5.41 Å². The maximum absolute atomic E-state index is 7.47. The van der Waals surface area contributed by atoms with Gasteiger partial charge in [-0.05, 0) is 0 Å². The van der Waals surface area contributed by atoms with Crippen LogP contribution in [0.1, 0.15) is 5.56 Å². The standard InChI is InChI=1S/C8H9NOS/c1-10-11-8(9)7-5-3-2-4-6-7/h2-6,9H,1H3. The van der Waals surface area contributed by atoms with E-state index in [9.17, 15) is 0 Å². The minimum absolute atomic E-state index is 0.438. The third kappa shape index (κ3) is 2.37. The zero-order valence-electron chi connectivity index (χ0n) is 6.20. The topological polar surface area (TPSA) is 33.1 Å². The van der Waals surface area contributed by atoms with E-state index in [0.29, 0.717) is 5.04 Å². The predicted octanol–water partition coefficient (Wildman–Crippen LogP) is 2.31. The van der Waals surface area contributed by atoms with Gasteiger partial charge in [-0.25, -0.2) is 0 Å². The Hall–Kier alpha value is -0.800. The second-order valence-corrected chi connectivity index (χ2v) is 2.85. The Labute approximate surface area is 70.3 Å². The summed E-state index contributed by atoms with van der Waals surface area (Å²) in [6.07, 6.45) is 0. The second kappa shape index (κ2) is 4.16. The lowest BCUT2D eigenvalue weighted by atomic mass is 10.2. The van der Waals surface area contributed by atoms with E-state index in [-0.39, 0.29) is 0 Å². The fourth-order valence-electron chi connectivity index (χ4n) is 0.721. The Morgan fingerprint density at radius 1 is 1.36 bits per heavy atom. The summed E-state index contributed by atoms with van der Waals surface area (Å²) in [5, 5.41) is 7.91. The van der Waals surface area contributed by atoms with E-state index in [0.717, 1.165) is 17.6 Å². The van der Waals surface area contributed by atoms with Crippen molar-refractivity contribution in [2.24, 2.45) is 0 Å². The van der Waals surface area contributed by atoms with Crippen LogP contribution in [0.15, 0.2) is 30.3 Å². The van der Waals surface area contributed by atoms with Crippen LogP contribution in [0.4, 0.5) is 0 Å². The number of nitrogens with one attached hydrogen (secondary N) is 1. The molecular weight excluding hydrogens is 158 g/mol. The van der Waals surface area contributed by atoms with Crippen LogP contribution in [0.3, 0.4) is 0 Å². The number of benzene rings is 1. The maximum Gasteiger partial charge on any atom is 0.122 e. The molecule has 0 fully saturated rings. The van der Waals surface area contributed by atoms with Gasteiger partial charge in [0, 0.05) is 17.6 Å². The van der Waals surface area contributed by atoms with E-state index in [1.165, 1.54) is 0 Å². The van der Waals surface area contributed by atoms with Crippen molar-refractivity contribution in [2.75, 3.05) is 7.11 Å². The molecule has 0 amide bonds. The SMILES string of the molecule is COSC(=N)c1ccccc1. The lowest BCUT2D eigenvalue weighted by Crippen LogP contribution is -1.91. The Morgan fingerprint density at radius 3 is 2.55 bits per heavy atom. The summed E-state index contributed by atoms with van der Waals surface area (Å²) in [6.45, 7) is 0.